The molecule has 1 aromatic heterocycles. The SMILES string of the molecule is Cc1ccccc1OCc1coc2c(Cl)cccc12. The van der Waals surface area contributed by atoms with Crippen molar-refractivity contribution in [2.75, 3.05) is 0 Å². The van der Waals surface area contributed by atoms with Crippen molar-refractivity contribution >= 4 is 22.6 Å². The van der Waals surface area contributed by atoms with E-state index < -0.39 is 0 Å². The van der Waals surface area contributed by atoms with Gasteiger partial charge in [0.1, 0.15) is 12.4 Å². The highest BCUT2D eigenvalue weighted by atomic mass is 35.5. The molecule has 0 aliphatic heterocycles. The average Bonchev–Trinajstić information content (AvgIpc) is 2.83. The van der Waals surface area contributed by atoms with Crippen molar-refractivity contribution in [1.29, 1.82) is 0 Å². The molecule has 1 heterocycles. The summed E-state index contributed by atoms with van der Waals surface area (Å²) in [5, 5.41) is 1.63. The highest BCUT2D eigenvalue weighted by molar-refractivity contribution is 6.34. The molecule has 0 aliphatic rings. The Morgan fingerprint density at radius 2 is 1.95 bits per heavy atom. The fourth-order valence-electron chi connectivity index (χ4n) is 2.06. The van der Waals surface area contributed by atoms with Crippen LogP contribution in [0.1, 0.15) is 11.1 Å². The lowest BCUT2D eigenvalue weighted by atomic mass is 10.2. The van der Waals surface area contributed by atoms with Crippen LogP contribution in [0.4, 0.5) is 0 Å². The molecule has 2 nitrogen and oxygen atoms in total. The molecule has 0 saturated carbocycles. The van der Waals surface area contributed by atoms with Gasteiger partial charge in [-0.2, -0.15) is 0 Å². The van der Waals surface area contributed by atoms with E-state index in [4.69, 9.17) is 20.8 Å². The number of benzene rings is 2. The van der Waals surface area contributed by atoms with E-state index in [0.717, 1.165) is 22.3 Å². The molecule has 3 rings (SSSR count). The van der Waals surface area contributed by atoms with Crippen molar-refractivity contribution in [1.82, 2.24) is 0 Å². The van der Waals surface area contributed by atoms with Crippen molar-refractivity contribution in [2.45, 2.75) is 13.5 Å². The minimum absolute atomic E-state index is 0.470. The quantitative estimate of drug-likeness (QED) is 0.671. The Morgan fingerprint density at radius 3 is 2.79 bits per heavy atom. The van der Waals surface area contributed by atoms with Gasteiger partial charge in [-0.25, -0.2) is 0 Å². The van der Waals surface area contributed by atoms with E-state index in [1.54, 1.807) is 6.26 Å². The number of halogens is 1. The van der Waals surface area contributed by atoms with E-state index in [2.05, 4.69) is 0 Å². The number of hydrogen-bond acceptors (Lipinski definition) is 2. The first kappa shape index (κ1) is 12.1. The number of aryl methyl sites for hydroxylation is 1. The van der Waals surface area contributed by atoms with Gasteiger partial charge >= 0.3 is 0 Å². The Balaban J connectivity index is 1.87. The zero-order chi connectivity index (χ0) is 13.2. The summed E-state index contributed by atoms with van der Waals surface area (Å²) in [6.45, 7) is 2.50. The van der Waals surface area contributed by atoms with Gasteiger partial charge in [0.05, 0.1) is 11.3 Å². The number of hydrogen-bond donors (Lipinski definition) is 0. The summed E-state index contributed by atoms with van der Waals surface area (Å²) in [6, 6.07) is 13.7. The van der Waals surface area contributed by atoms with Crippen LogP contribution in [0, 0.1) is 6.92 Å². The summed E-state index contributed by atoms with van der Waals surface area (Å²) < 4.78 is 11.3. The number of furan rings is 1. The first-order valence-corrected chi connectivity index (χ1v) is 6.46. The Morgan fingerprint density at radius 1 is 1.11 bits per heavy atom. The van der Waals surface area contributed by atoms with E-state index in [0.29, 0.717) is 17.2 Å². The predicted octanol–water partition coefficient (Wildman–Crippen LogP) is 4.97. The number of para-hydroxylation sites is 2. The first-order chi connectivity index (χ1) is 9.25. The van der Waals surface area contributed by atoms with Gasteiger partial charge in [0.25, 0.3) is 0 Å². The highest BCUT2D eigenvalue weighted by Gasteiger charge is 2.09. The van der Waals surface area contributed by atoms with Gasteiger partial charge in [-0.1, -0.05) is 41.9 Å². The molecule has 0 spiro atoms. The Kier molecular flexibility index (Phi) is 3.18. The second kappa shape index (κ2) is 4.98. The molecular formula is C16H13ClO2. The number of rotatable bonds is 3. The lowest BCUT2D eigenvalue weighted by Gasteiger charge is -2.07. The summed E-state index contributed by atoms with van der Waals surface area (Å²) in [4.78, 5) is 0. The van der Waals surface area contributed by atoms with E-state index >= 15 is 0 Å². The van der Waals surface area contributed by atoms with E-state index in [1.807, 2.05) is 49.4 Å². The van der Waals surface area contributed by atoms with Crippen LogP contribution in [0.3, 0.4) is 0 Å². The second-order valence-electron chi connectivity index (χ2n) is 4.43. The van der Waals surface area contributed by atoms with Crippen LogP contribution < -0.4 is 4.74 Å². The molecule has 0 bridgehead atoms. The topological polar surface area (TPSA) is 22.4 Å². The number of fused-ring (bicyclic) bond motifs is 1. The third kappa shape index (κ3) is 2.32. The third-order valence-corrected chi connectivity index (χ3v) is 3.41. The van der Waals surface area contributed by atoms with E-state index in [1.165, 1.54) is 0 Å². The van der Waals surface area contributed by atoms with Crippen molar-refractivity contribution in [3.8, 4) is 5.75 Å². The molecule has 3 heteroatoms. The van der Waals surface area contributed by atoms with Crippen LogP contribution in [0.2, 0.25) is 5.02 Å². The number of ether oxygens (including phenoxy) is 1. The van der Waals surface area contributed by atoms with Crippen LogP contribution in [0.25, 0.3) is 11.0 Å². The minimum Gasteiger partial charge on any atom is -0.488 e. The van der Waals surface area contributed by atoms with Gasteiger partial charge < -0.3 is 9.15 Å². The maximum atomic E-state index is 6.08. The summed E-state index contributed by atoms with van der Waals surface area (Å²) in [5.41, 5.74) is 2.83. The van der Waals surface area contributed by atoms with Crippen LogP contribution in [0.5, 0.6) is 5.75 Å². The highest BCUT2D eigenvalue weighted by Crippen LogP contribution is 2.28. The molecule has 96 valence electrons. The molecule has 2 aromatic carbocycles. The summed E-state index contributed by atoms with van der Waals surface area (Å²) in [6.07, 6.45) is 1.70. The molecular weight excluding hydrogens is 260 g/mol. The smallest absolute Gasteiger partial charge is 0.152 e. The van der Waals surface area contributed by atoms with Gasteiger partial charge in [0.15, 0.2) is 5.58 Å². The maximum Gasteiger partial charge on any atom is 0.152 e. The molecule has 0 amide bonds. The lowest BCUT2D eigenvalue weighted by molar-refractivity contribution is 0.304. The normalized spacial score (nSPS) is 10.8. The molecule has 0 unspecified atom stereocenters. The molecule has 0 fully saturated rings. The fraction of sp³-hybridized carbons (Fsp3) is 0.125. The third-order valence-electron chi connectivity index (χ3n) is 3.11. The Bertz CT molecular complexity index is 716. The van der Waals surface area contributed by atoms with Crippen molar-refractivity contribution in [2.24, 2.45) is 0 Å². The van der Waals surface area contributed by atoms with Gasteiger partial charge in [-0.05, 0) is 24.6 Å². The molecule has 0 atom stereocenters. The van der Waals surface area contributed by atoms with Gasteiger partial charge in [-0.3, -0.25) is 0 Å². The van der Waals surface area contributed by atoms with Crippen molar-refractivity contribution < 1.29 is 9.15 Å². The average molecular weight is 273 g/mol. The largest absolute Gasteiger partial charge is 0.488 e. The predicted molar refractivity (Wildman–Crippen MR) is 76.7 cm³/mol. The van der Waals surface area contributed by atoms with Crippen LogP contribution in [-0.4, -0.2) is 0 Å². The van der Waals surface area contributed by atoms with Crippen LogP contribution in [0.15, 0.2) is 53.1 Å². The second-order valence-corrected chi connectivity index (χ2v) is 4.84. The molecule has 0 saturated heterocycles. The fourth-order valence-corrected chi connectivity index (χ4v) is 2.28. The monoisotopic (exact) mass is 272 g/mol. The minimum atomic E-state index is 0.470. The lowest BCUT2D eigenvalue weighted by Crippen LogP contribution is -1.95. The summed E-state index contributed by atoms with van der Waals surface area (Å²) in [5.74, 6) is 0.888. The zero-order valence-electron chi connectivity index (χ0n) is 10.5. The maximum absolute atomic E-state index is 6.08. The van der Waals surface area contributed by atoms with Crippen molar-refractivity contribution in [3.05, 3.63) is 64.9 Å². The molecule has 3 aromatic rings. The van der Waals surface area contributed by atoms with Crippen molar-refractivity contribution in [3.63, 3.8) is 0 Å². The van der Waals surface area contributed by atoms with Crippen LogP contribution >= 0.6 is 11.6 Å². The van der Waals surface area contributed by atoms with E-state index in [9.17, 15) is 0 Å². The zero-order valence-corrected chi connectivity index (χ0v) is 11.3. The summed E-state index contributed by atoms with van der Waals surface area (Å²) >= 11 is 6.08. The Hall–Kier alpha value is -1.93. The molecule has 19 heavy (non-hydrogen) atoms. The van der Waals surface area contributed by atoms with E-state index in [-0.39, 0.29) is 0 Å². The van der Waals surface area contributed by atoms with Gasteiger partial charge in [-0.15, -0.1) is 0 Å². The summed E-state index contributed by atoms with van der Waals surface area (Å²) in [7, 11) is 0. The molecule has 0 N–H and O–H groups in total. The standard InChI is InChI=1S/C16H13ClO2/c1-11-5-2-3-8-15(11)18-9-12-10-19-16-13(12)6-4-7-14(16)17/h2-8,10H,9H2,1H3. The van der Waals surface area contributed by atoms with Crippen LogP contribution in [-0.2, 0) is 6.61 Å². The van der Waals surface area contributed by atoms with Gasteiger partial charge in [0.2, 0.25) is 0 Å². The first-order valence-electron chi connectivity index (χ1n) is 6.09. The molecule has 0 radical (unpaired) electrons. The molecule has 0 aliphatic carbocycles. The Labute approximate surface area is 116 Å². The van der Waals surface area contributed by atoms with Gasteiger partial charge in [0, 0.05) is 10.9 Å².